The van der Waals surface area contributed by atoms with Gasteiger partial charge in [-0.1, -0.05) is 25.1 Å². The number of pyridine rings is 1. The lowest BCUT2D eigenvalue weighted by Crippen LogP contribution is -2.33. The predicted molar refractivity (Wildman–Crippen MR) is 80.2 cm³/mol. The van der Waals surface area contributed by atoms with E-state index in [-0.39, 0.29) is 0 Å². The van der Waals surface area contributed by atoms with Gasteiger partial charge in [0.1, 0.15) is 0 Å². The quantitative estimate of drug-likeness (QED) is 0.897. The molecule has 19 heavy (non-hydrogen) atoms. The van der Waals surface area contributed by atoms with Crippen molar-refractivity contribution in [3.63, 3.8) is 0 Å². The Morgan fingerprint density at radius 3 is 2.74 bits per heavy atom. The van der Waals surface area contributed by atoms with Crippen molar-refractivity contribution in [2.75, 3.05) is 18.0 Å². The van der Waals surface area contributed by atoms with E-state index in [9.17, 15) is 0 Å². The minimum Gasteiger partial charge on any atom is -0.371 e. The van der Waals surface area contributed by atoms with E-state index in [0.29, 0.717) is 6.54 Å². The van der Waals surface area contributed by atoms with E-state index in [0.717, 1.165) is 30.1 Å². The number of hydrogen-bond acceptors (Lipinski definition) is 3. The SMILES string of the molecule is CC1CCN(c2c(CN)cnc3ccccc23)CC1. The fourth-order valence-corrected chi connectivity index (χ4v) is 2.92. The molecule has 0 spiro atoms. The van der Waals surface area contributed by atoms with Crippen molar-refractivity contribution in [3.05, 3.63) is 36.0 Å². The maximum atomic E-state index is 5.91. The molecule has 1 aromatic heterocycles. The van der Waals surface area contributed by atoms with Crippen molar-refractivity contribution < 1.29 is 0 Å². The first-order valence-corrected chi connectivity index (χ1v) is 7.11. The molecular weight excluding hydrogens is 234 g/mol. The highest BCUT2D eigenvalue weighted by Gasteiger charge is 2.20. The zero-order chi connectivity index (χ0) is 13.2. The second kappa shape index (κ2) is 5.17. The van der Waals surface area contributed by atoms with Gasteiger partial charge in [-0.25, -0.2) is 0 Å². The number of piperidine rings is 1. The van der Waals surface area contributed by atoms with Gasteiger partial charge in [-0.05, 0) is 24.8 Å². The third-order valence-electron chi connectivity index (χ3n) is 4.14. The van der Waals surface area contributed by atoms with E-state index in [1.54, 1.807) is 0 Å². The van der Waals surface area contributed by atoms with E-state index in [4.69, 9.17) is 5.73 Å². The van der Waals surface area contributed by atoms with Crippen molar-refractivity contribution in [2.24, 2.45) is 11.7 Å². The van der Waals surface area contributed by atoms with Gasteiger partial charge >= 0.3 is 0 Å². The summed E-state index contributed by atoms with van der Waals surface area (Å²) in [6.07, 6.45) is 4.47. The molecule has 1 aromatic carbocycles. The Bertz CT molecular complexity index is 571. The van der Waals surface area contributed by atoms with Crippen molar-refractivity contribution in [1.82, 2.24) is 4.98 Å². The number of aromatic nitrogens is 1. The van der Waals surface area contributed by atoms with Gasteiger partial charge < -0.3 is 10.6 Å². The average molecular weight is 255 g/mol. The smallest absolute Gasteiger partial charge is 0.0723 e. The van der Waals surface area contributed by atoms with Crippen LogP contribution in [0.1, 0.15) is 25.3 Å². The van der Waals surface area contributed by atoms with Crippen LogP contribution in [-0.2, 0) is 6.54 Å². The van der Waals surface area contributed by atoms with Crippen LogP contribution in [0, 0.1) is 5.92 Å². The molecule has 3 nitrogen and oxygen atoms in total. The lowest BCUT2D eigenvalue weighted by atomic mass is 9.97. The van der Waals surface area contributed by atoms with Gasteiger partial charge in [0.2, 0.25) is 0 Å². The van der Waals surface area contributed by atoms with Gasteiger partial charge in [0.15, 0.2) is 0 Å². The van der Waals surface area contributed by atoms with Gasteiger partial charge in [-0.3, -0.25) is 4.98 Å². The highest BCUT2D eigenvalue weighted by atomic mass is 15.1. The number of rotatable bonds is 2. The summed E-state index contributed by atoms with van der Waals surface area (Å²) in [5.41, 5.74) is 9.44. The van der Waals surface area contributed by atoms with Crippen LogP contribution in [0.15, 0.2) is 30.5 Å². The normalized spacial score (nSPS) is 17.1. The number of hydrogen-bond donors (Lipinski definition) is 1. The Balaban J connectivity index is 2.09. The maximum Gasteiger partial charge on any atom is 0.0723 e. The number of anilines is 1. The molecule has 0 aliphatic carbocycles. The topological polar surface area (TPSA) is 42.1 Å². The van der Waals surface area contributed by atoms with Gasteiger partial charge in [0, 0.05) is 36.8 Å². The van der Waals surface area contributed by atoms with Crippen molar-refractivity contribution in [3.8, 4) is 0 Å². The monoisotopic (exact) mass is 255 g/mol. The molecule has 2 heterocycles. The highest BCUT2D eigenvalue weighted by Crippen LogP contribution is 2.32. The average Bonchev–Trinajstić information content (AvgIpc) is 2.47. The summed E-state index contributed by atoms with van der Waals surface area (Å²) in [5, 5.41) is 1.24. The summed E-state index contributed by atoms with van der Waals surface area (Å²) in [5.74, 6) is 0.839. The first-order valence-electron chi connectivity index (χ1n) is 7.11. The Morgan fingerprint density at radius 2 is 2.00 bits per heavy atom. The summed E-state index contributed by atoms with van der Waals surface area (Å²) in [7, 11) is 0. The molecule has 0 amide bonds. The summed E-state index contributed by atoms with van der Waals surface area (Å²) in [6, 6.07) is 8.36. The van der Waals surface area contributed by atoms with Gasteiger partial charge in [0.05, 0.1) is 11.2 Å². The number of nitrogens with two attached hydrogens (primary N) is 1. The molecule has 0 unspecified atom stereocenters. The molecule has 0 atom stereocenters. The lowest BCUT2D eigenvalue weighted by Gasteiger charge is -2.34. The van der Waals surface area contributed by atoms with Crippen LogP contribution >= 0.6 is 0 Å². The van der Waals surface area contributed by atoms with E-state index in [2.05, 4.69) is 35.0 Å². The van der Waals surface area contributed by atoms with Crippen molar-refractivity contribution in [1.29, 1.82) is 0 Å². The Labute approximate surface area is 114 Å². The first-order chi connectivity index (χ1) is 9.29. The molecular formula is C16H21N3. The van der Waals surface area contributed by atoms with E-state index in [1.807, 2.05) is 12.3 Å². The van der Waals surface area contributed by atoms with Crippen LogP contribution in [0.4, 0.5) is 5.69 Å². The minimum atomic E-state index is 0.555. The third kappa shape index (κ3) is 2.30. The molecule has 2 N–H and O–H groups in total. The van der Waals surface area contributed by atoms with Gasteiger partial charge in [0.25, 0.3) is 0 Å². The molecule has 100 valence electrons. The van der Waals surface area contributed by atoms with Crippen LogP contribution in [0.2, 0.25) is 0 Å². The van der Waals surface area contributed by atoms with Gasteiger partial charge in [-0.2, -0.15) is 0 Å². The number of para-hydroxylation sites is 1. The van der Waals surface area contributed by atoms with Crippen molar-refractivity contribution >= 4 is 16.6 Å². The van der Waals surface area contributed by atoms with Crippen LogP contribution in [0.25, 0.3) is 10.9 Å². The summed E-state index contributed by atoms with van der Waals surface area (Å²) in [6.45, 7) is 5.15. The number of nitrogens with zero attached hydrogens (tertiary/aromatic N) is 2. The Hall–Kier alpha value is -1.61. The number of fused-ring (bicyclic) bond motifs is 1. The fourth-order valence-electron chi connectivity index (χ4n) is 2.92. The molecule has 1 aliphatic rings. The third-order valence-corrected chi connectivity index (χ3v) is 4.14. The predicted octanol–water partition coefficient (Wildman–Crippen LogP) is 2.93. The van der Waals surface area contributed by atoms with Crippen LogP contribution < -0.4 is 10.6 Å². The Morgan fingerprint density at radius 1 is 1.26 bits per heavy atom. The molecule has 1 aliphatic heterocycles. The standard InChI is InChI=1S/C16H21N3/c1-12-6-8-19(9-7-12)16-13(10-17)11-18-15-5-3-2-4-14(15)16/h2-5,11-12H,6-10,17H2,1H3. The summed E-state index contributed by atoms with van der Waals surface area (Å²) >= 11 is 0. The minimum absolute atomic E-state index is 0.555. The fraction of sp³-hybridized carbons (Fsp3) is 0.438. The van der Waals surface area contributed by atoms with Crippen LogP contribution in [-0.4, -0.2) is 18.1 Å². The second-order valence-corrected chi connectivity index (χ2v) is 5.52. The summed E-state index contributed by atoms with van der Waals surface area (Å²) in [4.78, 5) is 7.01. The molecule has 3 rings (SSSR count). The molecule has 0 radical (unpaired) electrons. The second-order valence-electron chi connectivity index (χ2n) is 5.52. The first kappa shape index (κ1) is 12.4. The molecule has 2 aromatic rings. The number of benzene rings is 1. The van der Waals surface area contributed by atoms with Gasteiger partial charge in [-0.15, -0.1) is 0 Å². The molecule has 0 saturated carbocycles. The maximum absolute atomic E-state index is 5.91. The zero-order valence-electron chi connectivity index (χ0n) is 11.5. The van der Waals surface area contributed by atoms with Crippen LogP contribution in [0.3, 0.4) is 0 Å². The molecule has 1 fully saturated rings. The molecule has 3 heteroatoms. The van der Waals surface area contributed by atoms with E-state index >= 15 is 0 Å². The van der Waals surface area contributed by atoms with E-state index < -0.39 is 0 Å². The lowest BCUT2D eigenvalue weighted by molar-refractivity contribution is 0.438. The largest absolute Gasteiger partial charge is 0.371 e. The van der Waals surface area contributed by atoms with Crippen molar-refractivity contribution in [2.45, 2.75) is 26.3 Å². The highest BCUT2D eigenvalue weighted by molar-refractivity contribution is 5.93. The molecule has 0 bridgehead atoms. The zero-order valence-corrected chi connectivity index (χ0v) is 11.5. The Kier molecular flexibility index (Phi) is 3.38. The van der Waals surface area contributed by atoms with Crippen LogP contribution in [0.5, 0.6) is 0 Å². The molecule has 1 saturated heterocycles. The van der Waals surface area contributed by atoms with E-state index in [1.165, 1.54) is 23.9 Å². The summed E-state index contributed by atoms with van der Waals surface area (Å²) < 4.78 is 0.